The molecule has 2 amide bonds. The van der Waals surface area contributed by atoms with Gasteiger partial charge >= 0.3 is 6.03 Å². The number of carbonyl (C=O) groups is 1. The smallest absolute Gasteiger partial charge is 0.317 e. The summed E-state index contributed by atoms with van der Waals surface area (Å²) in [6.45, 7) is 6.43. The third kappa shape index (κ3) is 4.46. The molecule has 8 heteroatoms. The highest BCUT2D eigenvalue weighted by Gasteiger charge is 2.28. The molecule has 0 bridgehead atoms. The minimum atomic E-state index is -2.91. The second-order valence-corrected chi connectivity index (χ2v) is 8.70. The lowest BCUT2D eigenvalue weighted by molar-refractivity contribution is 0.184. The lowest BCUT2D eigenvalue weighted by Crippen LogP contribution is -2.47. The van der Waals surface area contributed by atoms with E-state index >= 15 is 0 Å². The van der Waals surface area contributed by atoms with Crippen molar-refractivity contribution in [2.75, 3.05) is 25.1 Å². The standard InChI is InChI=1S/C15H26N4O3S/c1-11-9-12(2)19(17-11)13(3)10-16-15(20)18(4)14-5-7-23(21,22)8-6-14/h9,13-14H,5-8,10H2,1-4H3,(H,16,20)/t13-/m0/s1. The summed E-state index contributed by atoms with van der Waals surface area (Å²) in [5, 5.41) is 7.34. The minimum Gasteiger partial charge on any atom is -0.336 e. The van der Waals surface area contributed by atoms with Gasteiger partial charge in [-0.15, -0.1) is 0 Å². The molecule has 0 unspecified atom stereocenters. The molecule has 0 saturated carbocycles. The fraction of sp³-hybridized carbons (Fsp3) is 0.733. The van der Waals surface area contributed by atoms with E-state index in [0.29, 0.717) is 19.4 Å². The van der Waals surface area contributed by atoms with E-state index in [9.17, 15) is 13.2 Å². The first kappa shape index (κ1) is 17.8. The molecule has 1 fully saturated rings. The molecule has 2 heterocycles. The molecule has 1 aromatic rings. The van der Waals surface area contributed by atoms with Gasteiger partial charge in [0.1, 0.15) is 9.84 Å². The summed E-state index contributed by atoms with van der Waals surface area (Å²) >= 11 is 0. The number of nitrogens with zero attached hydrogens (tertiary/aromatic N) is 3. The van der Waals surface area contributed by atoms with Gasteiger partial charge in [0.2, 0.25) is 0 Å². The number of amides is 2. The summed E-state index contributed by atoms with van der Waals surface area (Å²) in [5.74, 6) is 0.328. The van der Waals surface area contributed by atoms with E-state index in [-0.39, 0.29) is 29.6 Å². The molecule has 1 aromatic heterocycles. The molecule has 1 N–H and O–H groups in total. The largest absolute Gasteiger partial charge is 0.336 e. The number of nitrogens with one attached hydrogen (secondary N) is 1. The van der Waals surface area contributed by atoms with Gasteiger partial charge in [-0.1, -0.05) is 0 Å². The van der Waals surface area contributed by atoms with E-state index in [0.717, 1.165) is 11.4 Å². The lowest BCUT2D eigenvalue weighted by atomic mass is 10.1. The molecule has 2 rings (SSSR count). The van der Waals surface area contributed by atoms with E-state index in [2.05, 4.69) is 10.4 Å². The maximum Gasteiger partial charge on any atom is 0.317 e. The number of sulfone groups is 1. The van der Waals surface area contributed by atoms with Crippen LogP contribution in [0.5, 0.6) is 0 Å². The molecule has 1 aliphatic rings. The average Bonchev–Trinajstić information content (AvgIpc) is 2.82. The molecule has 1 saturated heterocycles. The summed E-state index contributed by atoms with van der Waals surface area (Å²) in [6, 6.07) is 1.89. The van der Waals surface area contributed by atoms with Crippen LogP contribution in [0.15, 0.2) is 6.07 Å². The molecular weight excluding hydrogens is 316 g/mol. The molecule has 0 aliphatic carbocycles. The molecule has 0 spiro atoms. The molecule has 0 aromatic carbocycles. The van der Waals surface area contributed by atoms with Gasteiger partial charge in [0.05, 0.1) is 23.2 Å². The first-order valence-electron chi connectivity index (χ1n) is 7.93. The molecule has 23 heavy (non-hydrogen) atoms. The van der Waals surface area contributed by atoms with Crippen molar-refractivity contribution in [3.8, 4) is 0 Å². The Labute approximate surface area is 138 Å². The number of urea groups is 1. The van der Waals surface area contributed by atoms with Gasteiger partial charge in [0, 0.05) is 25.3 Å². The summed E-state index contributed by atoms with van der Waals surface area (Å²) in [4.78, 5) is 13.9. The minimum absolute atomic E-state index is 0.0116. The van der Waals surface area contributed by atoms with E-state index < -0.39 is 9.84 Å². The fourth-order valence-corrected chi connectivity index (χ4v) is 4.44. The van der Waals surface area contributed by atoms with E-state index in [1.807, 2.05) is 31.5 Å². The summed E-state index contributed by atoms with van der Waals surface area (Å²) in [6.07, 6.45) is 1.03. The Hall–Kier alpha value is -1.57. The number of carbonyl (C=O) groups excluding carboxylic acids is 1. The van der Waals surface area contributed by atoms with Crippen LogP contribution in [0.4, 0.5) is 4.79 Å². The zero-order chi connectivity index (χ0) is 17.2. The Kier molecular flexibility index (Phi) is 5.33. The van der Waals surface area contributed by atoms with Crippen molar-refractivity contribution in [1.29, 1.82) is 0 Å². The maximum atomic E-state index is 12.3. The van der Waals surface area contributed by atoms with Crippen molar-refractivity contribution in [1.82, 2.24) is 20.0 Å². The Balaban J connectivity index is 1.85. The molecule has 7 nitrogen and oxygen atoms in total. The van der Waals surface area contributed by atoms with Crippen LogP contribution in [0.25, 0.3) is 0 Å². The SMILES string of the molecule is Cc1cc(C)n([C@@H](C)CNC(=O)N(C)C2CCS(=O)(=O)CC2)n1. The van der Waals surface area contributed by atoms with Gasteiger partial charge in [-0.3, -0.25) is 4.68 Å². The van der Waals surface area contributed by atoms with Gasteiger partial charge in [0.15, 0.2) is 0 Å². The van der Waals surface area contributed by atoms with Gasteiger partial charge in [-0.25, -0.2) is 13.2 Å². The number of aromatic nitrogens is 2. The van der Waals surface area contributed by atoms with Crippen LogP contribution in [0.2, 0.25) is 0 Å². The van der Waals surface area contributed by atoms with Gasteiger partial charge in [-0.2, -0.15) is 5.10 Å². The lowest BCUT2D eigenvalue weighted by Gasteiger charge is -2.31. The number of hydrogen-bond acceptors (Lipinski definition) is 4. The zero-order valence-corrected chi connectivity index (χ0v) is 15.1. The Morgan fingerprint density at radius 3 is 2.57 bits per heavy atom. The topological polar surface area (TPSA) is 84.3 Å². The van der Waals surface area contributed by atoms with Crippen molar-refractivity contribution < 1.29 is 13.2 Å². The summed E-state index contributed by atoms with van der Waals surface area (Å²) in [7, 11) is -1.18. The third-order valence-electron chi connectivity index (χ3n) is 4.40. The molecule has 0 radical (unpaired) electrons. The van der Waals surface area contributed by atoms with Gasteiger partial charge in [-0.05, 0) is 39.7 Å². The van der Waals surface area contributed by atoms with Gasteiger partial charge < -0.3 is 10.2 Å². The Morgan fingerprint density at radius 1 is 1.43 bits per heavy atom. The van der Waals surface area contributed by atoms with Crippen LogP contribution in [-0.2, 0) is 9.84 Å². The third-order valence-corrected chi connectivity index (χ3v) is 6.12. The van der Waals surface area contributed by atoms with Crippen LogP contribution in [-0.4, -0.2) is 60.3 Å². The average molecular weight is 342 g/mol. The Bertz CT molecular complexity index is 654. The number of rotatable bonds is 4. The second kappa shape index (κ2) is 6.90. The van der Waals surface area contributed by atoms with Crippen LogP contribution in [0.3, 0.4) is 0 Å². The Morgan fingerprint density at radius 2 is 2.04 bits per heavy atom. The highest BCUT2D eigenvalue weighted by Crippen LogP contribution is 2.17. The van der Waals surface area contributed by atoms with E-state index in [1.54, 1.807) is 11.9 Å². The summed E-state index contributed by atoms with van der Waals surface area (Å²) in [5.41, 5.74) is 2.02. The highest BCUT2D eigenvalue weighted by atomic mass is 32.2. The van der Waals surface area contributed by atoms with Crippen LogP contribution in [0, 0.1) is 13.8 Å². The number of hydrogen-bond donors (Lipinski definition) is 1. The summed E-state index contributed by atoms with van der Waals surface area (Å²) < 4.78 is 24.8. The first-order valence-corrected chi connectivity index (χ1v) is 9.75. The van der Waals surface area contributed by atoms with Crippen molar-refractivity contribution in [3.63, 3.8) is 0 Å². The van der Waals surface area contributed by atoms with Crippen LogP contribution >= 0.6 is 0 Å². The van der Waals surface area contributed by atoms with E-state index in [4.69, 9.17) is 0 Å². The fourth-order valence-electron chi connectivity index (χ4n) is 2.97. The highest BCUT2D eigenvalue weighted by molar-refractivity contribution is 7.91. The van der Waals surface area contributed by atoms with Crippen LogP contribution < -0.4 is 5.32 Å². The monoisotopic (exact) mass is 342 g/mol. The predicted octanol–water partition coefficient (Wildman–Crippen LogP) is 1.28. The molecular formula is C15H26N4O3S. The van der Waals surface area contributed by atoms with Gasteiger partial charge in [0.25, 0.3) is 0 Å². The van der Waals surface area contributed by atoms with Crippen molar-refractivity contribution in [2.24, 2.45) is 0 Å². The molecule has 1 aliphatic heterocycles. The van der Waals surface area contributed by atoms with Crippen molar-refractivity contribution in [3.05, 3.63) is 17.5 Å². The van der Waals surface area contributed by atoms with E-state index in [1.165, 1.54) is 0 Å². The van der Waals surface area contributed by atoms with Crippen molar-refractivity contribution >= 4 is 15.9 Å². The van der Waals surface area contributed by atoms with Crippen LogP contribution in [0.1, 0.15) is 37.2 Å². The second-order valence-electron chi connectivity index (χ2n) is 6.40. The first-order chi connectivity index (χ1) is 10.7. The number of aryl methyl sites for hydroxylation is 2. The predicted molar refractivity (Wildman–Crippen MR) is 89.2 cm³/mol. The van der Waals surface area contributed by atoms with Crippen molar-refractivity contribution in [2.45, 2.75) is 45.7 Å². The zero-order valence-electron chi connectivity index (χ0n) is 14.2. The molecule has 130 valence electrons. The molecule has 1 atom stereocenters. The maximum absolute atomic E-state index is 12.3. The normalized spacial score (nSPS) is 19.3. The quantitative estimate of drug-likeness (QED) is 0.893.